The van der Waals surface area contributed by atoms with E-state index in [1.54, 1.807) is 12.4 Å². The highest BCUT2D eigenvalue weighted by atomic mass is 16.5. The van der Waals surface area contributed by atoms with Crippen molar-refractivity contribution in [1.82, 2.24) is 15.2 Å². The summed E-state index contributed by atoms with van der Waals surface area (Å²) < 4.78 is 5.66. The number of ether oxygens (including phenoxy) is 1. The minimum atomic E-state index is 0.464. The third-order valence-corrected chi connectivity index (χ3v) is 2.56. The molecule has 4 heteroatoms. The first kappa shape index (κ1) is 9.84. The van der Waals surface area contributed by atoms with E-state index in [9.17, 15) is 0 Å². The van der Waals surface area contributed by atoms with Crippen molar-refractivity contribution >= 4 is 10.9 Å². The summed E-state index contributed by atoms with van der Waals surface area (Å²) in [6.07, 6.45) is 3.52. The van der Waals surface area contributed by atoms with Gasteiger partial charge in [-0.2, -0.15) is 5.10 Å². The van der Waals surface area contributed by atoms with Crippen LogP contribution in [0.2, 0.25) is 0 Å². The van der Waals surface area contributed by atoms with Gasteiger partial charge in [0.05, 0.1) is 11.2 Å². The molecule has 4 nitrogen and oxygen atoms in total. The Labute approximate surface area is 98.3 Å². The molecule has 3 aromatic rings. The maximum Gasteiger partial charge on any atom is 0.130 e. The van der Waals surface area contributed by atoms with Crippen LogP contribution in [0.1, 0.15) is 5.69 Å². The summed E-state index contributed by atoms with van der Waals surface area (Å²) in [6.45, 7) is 0.464. The van der Waals surface area contributed by atoms with Crippen LogP contribution in [0.3, 0.4) is 0 Å². The van der Waals surface area contributed by atoms with Crippen LogP contribution in [0.4, 0.5) is 0 Å². The van der Waals surface area contributed by atoms with Crippen LogP contribution in [0.15, 0.2) is 48.8 Å². The summed E-state index contributed by atoms with van der Waals surface area (Å²) in [4.78, 5) is 4.09. The molecule has 0 aliphatic carbocycles. The molecule has 0 unspecified atom stereocenters. The van der Waals surface area contributed by atoms with E-state index in [-0.39, 0.29) is 0 Å². The van der Waals surface area contributed by atoms with Crippen LogP contribution < -0.4 is 4.74 Å². The van der Waals surface area contributed by atoms with E-state index in [0.717, 1.165) is 22.3 Å². The van der Waals surface area contributed by atoms with Gasteiger partial charge in [0, 0.05) is 17.8 Å². The van der Waals surface area contributed by atoms with Crippen LogP contribution in [-0.4, -0.2) is 15.2 Å². The van der Waals surface area contributed by atoms with E-state index in [2.05, 4.69) is 15.2 Å². The van der Waals surface area contributed by atoms with Gasteiger partial charge in [0.1, 0.15) is 12.4 Å². The van der Waals surface area contributed by atoms with Gasteiger partial charge < -0.3 is 4.74 Å². The number of aromatic nitrogens is 3. The summed E-state index contributed by atoms with van der Waals surface area (Å²) in [7, 11) is 0. The number of para-hydroxylation sites is 1. The van der Waals surface area contributed by atoms with Crippen molar-refractivity contribution in [2.24, 2.45) is 0 Å². The number of rotatable bonds is 3. The summed E-state index contributed by atoms with van der Waals surface area (Å²) in [5.74, 6) is 0.846. The Kier molecular flexibility index (Phi) is 2.46. The number of hydrogen-bond acceptors (Lipinski definition) is 3. The van der Waals surface area contributed by atoms with Crippen LogP contribution >= 0.6 is 0 Å². The van der Waals surface area contributed by atoms with E-state index < -0.39 is 0 Å². The highest BCUT2D eigenvalue weighted by Crippen LogP contribution is 2.16. The molecular weight excluding hydrogens is 214 g/mol. The molecule has 0 amide bonds. The van der Waals surface area contributed by atoms with Gasteiger partial charge in [-0.1, -0.05) is 18.2 Å². The second-order valence-corrected chi connectivity index (χ2v) is 3.70. The maximum absolute atomic E-state index is 5.66. The Balaban J connectivity index is 1.82. The summed E-state index contributed by atoms with van der Waals surface area (Å²) in [5, 5.41) is 8.16. The van der Waals surface area contributed by atoms with Crippen molar-refractivity contribution in [2.75, 3.05) is 0 Å². The Morgan fingerprint density at radius 1 is 1.12 bits per heavy atom. The lowest BCUT2D eigenvalue weighted by atomic mass is 10.2. The summed E-state index contributed by atoms with van der Waals surface area (Å²) >= 11 is 0. The fourth-order valence-corrected chi connectivity index (χ4v) is 1.69. The molecule has 1 aromatic carbocycles. The van der Waals surface area contributed by atoms with Gasteiger partial charge in [-0.25, -0.2) is 0 Å². The largest absolute Gasteiger partial charge is 0.487 e. The number of aromatic amines is 1. The minimum Gasteiger partial charge on any atom is -0.487 e. The van der Waals surface area contributed by atoms with Crippen molar-refractivity contribution in [3.8, 4) is 5.75 Å². The van der Waals surface area contributed by atoms with Crippen LogP contribution in [-0.2, 0) is 6.61 Å². The van der Waals surface area contributed by atoms with Gasteiger partial charge in [-0.05, 0) is 18.2 Å². The molecule has 0 fully saturated rings. The number of H-pyrrole nitrogens is 1. The van der Waals surface area contributed by atoms with E-state index in [4.69, 9.17) is 4.74 Å². The minimum absolute atomic E-state index is 0.464. The molecule has 2 heterocycles. The normalized spacial score (nSPS) is 10.6. The number of hydrogen-bond donors (Lipinski definition) is 1. The topological polar surface area (TPSA) is 50.8 Å². The lowest BCUT2D eigenvalue weighted by Gasteiger charge is -2.03. The smallest absolute Gasteiger partial charge is 0.130 e. The van der Waals surface area contributed by atoms with Gasteiger partial charge in [-0.3, -0.25) is 10.1 Å². The SMILES string of the molecule is c1ccc(OCc2[nH]nc3ccncc23)cc1. The molecule has 0 radical (unpaired) electrons. The molecule has 17 heavy (non-hydrogen) atoms. The van der Waals surface area contributed by atoms with Crippen molar-refractivity contribution < 1.29 is 4.74 Å². The van der Waals surface area contributed by atoms with E-state index >= 15 is 0 Å². The Bertz CT molecular complexity index is 619. The molecule has 0 aliphatic rings. The summed E-state index contributed by atoms with van der Waals surface area (Å²) in [5.41, 5.74) is 1.85. The molecule has 2 aromatic heterocycles. The highest BCUT2D eigenvalue weighted by Gasteiger charge is 2.05. The maximum atomic E-state index is 5.66. The van der Waals surface area contributed by atoms with Gasteiger partial charge in [0.2, 0.25) is 0 Å². The predicted molar refractivity (Wildman–Crippen MR) is 64.7 cm³/mol. The van der Waals surface area contributed by atoms with Crippen LogP contribution in [0, 0.1) is 0 Å². The fourth-order valence-electron chi connectivity index (χ4n) is 1.69. The van der Waals surface area contributed by atoms with Crippen molar-refractivity contribution in [3.63, 3.8) is 0 Å². The first-order chi connectivity index (χ1) is 8.43. The molecule has 0 spiro atoms. The van der Waals surface area contributed by atoms with Gasteiger partial charge in [0.15, 0.2) is 0 Å². The third kappa shape index (κ3) is 1.97. The van der Waals surface area contributed by atoms with Crippen molar-refractivity contribution in [1.29, 1.82) is 0 Å². The highest BCUT2D eigenvalue weighted by molar-refractivity contribution is 5.79. The monoisotopic (exact) mass is 225 g/mol. The summed E-state index contributed by atoms with van der Waals surface area (Å²) in [6, 6.07) is 11.6. The molecule has 84 valence electrons. The third-order valence-electron chi connectivity index (χ3n) is 2.56. The average molecular weight is 225 g/mol. The zero-order chi connectivity index (χ0) is 11.5. The zero-order valence-corrected chi connectivity index (χ0v) is 9.13. The first-order valence-corrected chi connectivity index (χ1v) is 5.38. The molecule has 0 atom stereocenters. The van der Waals surface area contributed by atoms with Crippen LogP contribution in [0.5, 0.6) is 5.75 Å². The van der Waals surface area contributed by atoms with Crippen LogP contribution in [0.25, 0.3) is 10.9 Å². The molecule has 0 saturated carbocycles. The van der Waals surface area contributed by atoms with Crippen molar-refractivity contribution in [3.05, 3.63) is 54.5 Å². The van der Waals surface area contributed by atoms with Gasteiger partial charge in [-0.15, -0.1) is 0 Å². The van der Waals surface area contributed by atoms with Crippen molar-refractivity contribution in [2.45, 2.75) is 6.61 Å². The lowest BCUT2D eigenvalue weighted by Crippen LogP contribution is -1.96. The molecule has 3 rings (SSSR count). The van der Waals surface area contributed by atoms with E-state index in [1.807, 2.05) is 36.4 Å². The number of benzene rings is 1. The molecule has 0 saturated heterocycles. The molecule has 0 bridgehead atoms. The first-order valence-electron chi connectivity index (χ1n) is 5.38. The predicted octanol–water partition coefficient (Wildman–Crippen LogP) is 2.54. The number of fused-ring (bicyclic) bond motifs is 1. The second kappa shape index (κ2) is 4.25. The Morgan fingerprint density at radius 3 is 2.88 bits per heavy atom. The van der Waals surface area contributed by atoms with Gasteiger partial charge >= 0.3 is 0 Å². The quantitative estimate of drug-likeness (QED) is 0.745. The zero-order valence-electron chi connectivity index (χ0n) is 9.13. The molecule has 0 aliphatic heterocycles. The molecular formula is C13H11N3O. The Hall–Kier alpha value is -2.36. The van der Waals surface area contributed by atoms with E-state index in [1.165, 1.54) is 0 Å². The standard InChI is InChI=1S/C13H11N3O/c1-2-4-10(5-3-1)17-9-13-11-8-14-7-6-12(11)15-16-13/h1-8H,9H2,(H,15,16). The number of nitrogens with zero attached hydrogens (tertiary/aromatic N) is 2. The second-order valence-electron chi connectivity index (χ2n) is 3.70. The lowest BCUT2D eigenvalue weighted by molar-refractivity contribution is 0.302. The van der Waals surface area contributed by atoms with E-state index in [0.29, 0.717) is 6.61 Å². The van der Waals surface area contributed by atoms with Gasteiger partial charge in [0.25, 0.3) is 0 Å². The average Bonchev–Trinajstić information content (AvgIpc) is 2.81. The number of nitrogens with one attached hydrogen (secondary N) is 1. The fraction of sp³-hybridized carbons (Fsp3) is 0.0769. The molecule has 1 N–H and O–H groups in total. The Morgan fingerprint density at radius 2 is 2.00 bits per heavy atom. The number of pyridine rings is 1.